The van der Waals surface area contributed by atoms with E-state index in [4.69, 9.17) is 4.74 Å². The normalized spacial score (nSPS) is 11.5. The van der Waals surface area contributed by atoms with E-state index in [0.717, 1.165) is 0 Å². The summed E-state index contributed by atoms with van der Waals surface area (Å²) in [7, 11) is 1.45. The summed E-state index contributed by atoms with van der Waals surface area (Å²) in [6.45, 7) is 0.583. The molecule has 0 aliphatic heterocycles. The van der Waals surface area contributed by atoms with Crippen LogP contribution in [0.4, 0.5) is 13.2 Å². The summed E-state index contributed by atoms with van der Waals surface area (Å²) in [6.07, 6.45) is -3.97. The lowest BCUT2D eigenvalue weighted by Gasteiger charge is -2.15. The fourth-order valence-corrected chi connectivity index (χ4v) is 2.37. The van der Waals surface area contributed by atoms with Gasteiger partial charge in [0.1, 0.15) is 18.0 Å². The summed E-state index contributed by atoms with van der Waals surface area (Å²) in [6, 6.07) is 6.15. The maximum Gasteiger partial charge on any atom is 0.405 e. The molecule has 0 spiro atoms. The lowest BCUT2D eigenvalue weighted by Crippen LogP contribution is -2.37. The first-order chi connectivity index (χ1) is 11.3. The van der Waals surface area contributed by atoms with Crippen LogP contribution in [0, 0.1) is 0 Å². The molecule has 0 unspecified atom stereocenters. The van der Waals surface area contributed by atoms with E-state index < -0.39 is 24.2 Å². The van der Waals surface area contributed by atoms with Crippen LogP contribution in [0.15, 0.2) is 29.1 Å². The number of nitrogens with zero attached hydrogens (tertiary/aromatic N) is 1. The van der Waals surface area contributed by atoms with Crippen molar-refractivity contribution >= 4 is 16.7 Å². The highest BCUT2D eigenvalue weighted by atomic mass is 19.4. The second-order valence-corrected chi connectivity index (χ2v) is 5.24. The van der Waals surface area contributed by atoms with Crippen molar-refractivity contribution in [1.82, 2.24) is 9.88 Å². The molecule has 2 rings (SSSR count). The molecular weight excluding hydrogens is 325 g/mol. The first kappa shape index (κ1) is 17.8. The van der Waals surface area contributed by atoms with Crippen molar-refractivity contribution in [3.05, 3.63) is 40.3 Å². The zero-order valence-corrected chi connectivity index (χ0v) is 13.2. The van der Waals surface area contributed by atoms with Crippen molar-refractivity contribution < 1.29 is 22.7 Å². The molecule has 5 nitrogen and oxygen atoms in total. The number of alkyl halides is 3. The van der Waals surface area contributed by atoms with E-state index in [9.17, 15) is 22.8 Å². The highest BCUT2D eigenvalue weighted by Crippen LogP contribution is 2.20. The number of amides is 1. The average Bonchev–Trinajstić information content (AvgIpc) is 2.53. The monoisotopic (exact) mass is 342 g/mol. The van der Waals surface area contributed by atoms with Gasteiger partial charge in [0, 0.05) is 11.9 Å². The Labute approximate surface area is 136 Å². The fraction of sp³-hybridized carbons (Fsp3) is 0.375. The zero-order chi connectivity index (χ0) is 17.9. The van der Waals surface area contributed by atoms with Crippen molar-refractivity contribution in [2.45, 2.75) is 26.1 Å². The Morgan fingerprint density at radius 1 is 1.29 bits per heavy atom. The molecule has 1 aromatic carbocycles. The number of ether oxygens (including phenoxy) is 1. The number of aromatic nitrogens is 1. The summed E-state index contributed by atoms with van der Waals surface area (Å²) in [4.78, 5) is 24.7. The van der Waals surface area contributed by atoms with E-state index in [1.54, 1.807) is 23.5 Å². The summed E-state index contributed by atoms with van der Waals surface area (Å²) in [5.74, 6) is -0.459. The number of methoxy groups -OCH3 is 1. The highest BCUT2D eigenvalue weighted by Gasteiger charge is 2.28. The van der Waals surface area contributed by atoms with Crippen LogP contribution >= 0.6 is 0 Å². The summed E-state index contributed by atoms with van der Waals surface area (Å²) < 4.78 is 43.2. The van der Waals surface area contributed by atoms with Gasteiger partial charge in [-0.3, -0.25) is 9.59 Å². The maximum atomic E-state index is 12.6. The molecule has 2 aromatic rings. The number of pyridine rings is 1. The number of carbonyl (C=O) groups excluding carboxylic acids is 1. The van der Waals surface area contributed by atoms with Gasteiger partial charge in [-0.2, -0.15) is 13.2 Å². The molecule has 0 saturated carbocycles. The molecule has 0 radical (unpaired) electrons. The van der Waals surface area contributed by atoms with Gasteiger partial charge in [-0.05, 0) is 36.1 Å². The molecule has 24 heavy (non-hydrogen) atoms. The van der Waals surface area contributed by atoms with Gasteiger partial charge in [0.05, 0.1) is 7.11 Å². The van der Waals surface area contributed by atoms with Crippen LogP contribution in [-0.2, 0) is 6.54 Å². The lowest BCUT2D eigenvalue weighted by atomic mass is 10.1. The first-order valence-electron chi connectivity index (χ1n) is 7.33. The van der Waals surface area contributed by atoms with Gasteiger partial charge in [0.2, 0.25) is 0 Å². The van der Waals surface area contributed by atoms with Gasteiger partial charge >= 0.3 is 6.18 Å². The van der Waals surface area contributed by atoms with E-state index in [0.29, 0.717) is 22.9 Å². The SMILES string of the molecule is CCCn1c(C(=O)NCC(F)(F)F)cc2cc(OC)ccc2c1=O. The molecular formula is C16H17F3N2O3. The number of fused-ring (bicyclic) bond motifs is 1. The summed E-state index contributed by atoms with van der Waals surface area (Å²) >= 11 is 0. The molecule has 0 bridgehead atoms. The van der Waals surface area contributed by atoms with Gasteiger partial charge in [-0.15, -0.1) is 0 Å². The Balaban J connectivity index is 2.55. The topological polar surface area (TPSA) is 60.3 Å². The van der Waals surface area contributed by atoms with Crippen LogP contribution in [0.25, 0.3) is 10.8 Å². The first-order valence-corrected chi connectivity index (χ1v) is 7.33. The van der Waals surface area contributed by atoms with Crippen molar-refractivity contribution in [3.63, 3.8) is 0 Å². The van der Waals surface area contributed by atoms with Crippen molar-refractivity contribution in [2.75, 3.05) is 13.7 Å². The largest absolute Gasteiger partial charge is 0.497 e. The zero-order valence-electron chi connectivity index (χ0n) is 13.2. The predicted molar refractivity (Wildman–Crippen MR) is 83.4 cm³/mol. The van der Waals surface area contributed by atoms with Crippen LogP contribution in [-0.4, -0.2) is 30.3 Å². The third-order valence-electron chi connectivity index (χ3n) is 3.45. The number of rotatable bonds is 5. The smallest absolute Gasteiger partial charge is 0.405 e. The van der Waals surface area contributed by atoms with Gasteiger partial charge in [0.25, 0.3) is 11.5 Å². The molecule has 0 atom stereocenters. The number of carbonyl (C=O) groups is 1. The Hall–Kier alpha value is -2.51. The van der Waals surface area contributed by atoms with Crippen molar-refractivity contribution in [2.24, 2.45) is 0 Å². The quantitative estimate of drug-likeness (QED) is 0.909. The van der Waals surface area contributed by atoms with E-state index >= 15 is 0 Å². The van der Waals surface area contributed by atoms with E-state index in [2.05, 4.69) is 0 Å². The third kappa shape index (κ3) is 3.87. The fourth-order valence-electron chi connectivity index (χ4n) is 2.37. The van der Waals surface area contributed by atoms with Crippen LogP contribution in [0.1, 0.15) is 23.8 Å². The van der Waals surface area contributed by atoms with E-state index in [-0.39, 0.29) is 12.2 Å². The molecule has 8 heteroatoms. The van der Waals surface area contributed by atoms with Gasteiger partial charge < -0.3 is 14.6 Å². The molecule has 0 aliphatic carbocycles. The lowest BCUT2D eigenvalue weighted by molar-refractivity contribution is -0.123. The molecule has 1 amide bonds. The second-order valence-electron chi connectivity index (χ2n) is 5.24. The van der Waals surface area contributed by atoms with E-state index in [1.165, 1.54) is 17.7 Å². The molecule has 1 aromatic heterocycles. The van der Waals surface area contributed by atoms with Crippen LogP contribution < -0.4 is 15.6 Å². The van der Waals surface area contributed by atoms with Gasteiger partial charge in [-0.1, -0.05) is 6.92 Å². The minimum absolute atomic E-state index is 0.105. The highest BCUT2D eigenvalue weighted by molar-refractivity contribution is 5.97. The molecule has 0 saturated heterocycles. The number of benzene rings is 1. The number of nitrogens with one attached hydrogen (secondary N) is 1. The van der Waals surface area contributed by atoms with Crippen molar-refractivity contribution in [3.8, 4) is 5.75 Å². The standard InChI is InChI=1S/C16H17F3N2O3/c1-3-6-21-13(14(22)20-9-16(17,18)19)8-10-7-11(24-2)4-5-12(10)15(21)23/h4-5,7-8H,3,6,9H2,1-2H3,(H,20,22). The Morgan fingerprint density at radius 3 is 2.58 bits per heavy atom. The Kier molecular flexibility index (Phi) is 5.16. The number of hydrogen-bond donors (Lipinski definition) is 1. The predicted octanol–water partition coefficient (Wildman–Crippen LogP) is 2.71. The average molecular weight is 342 g/mol. The number of hydrogen-bond acceptors (Lipinski definition) is 3. The van der Waals surface area contributed by atoms with Gasteiger partial charge in [0.15, 0.2) is 0 Å². The Morgan fingerprint density at radius 2 is 2.00 bits per heavy atom. The molecule has 130 valence electrons. The Bertz CT molecular complexity index is 813. The molecule has 1 heterocycles. The summed E-state index contributed by atoms with van der Waals surface area (Å²) in [5.41, 5.74) is -0.527. The minimum Gasteiger partial charge on any atom is -0.497 e. The van der Waals surface area contributed by atoms with E-state index in [1.807, 2.05) is 6.92 Å². The van der Waals surface area contributed by atoms with Crippen LogP contribution in [0.3, 0.4) is 0 Å². The van der Waals surface area contributed by atoms with Gasteiger partial charge in [-0.25, -0.2) is 0 Å². The third-order valence-corrected chi connectivity index (χ3v) is 3.45. The molecule has 0 fully saturated rings. The van der Waals surface area contributed by atoms with Crippen molar-refractivity contribution in [1.29, 1.82) is 0 Å². The van der Waals surface area contributed by atoms with Crippen LogP contribution in [0.5, 0.6) is 5.75 Å². The molecule has 1 N–H and O–H groups in total. The number of halogens is 3. The second kappa shape index (κ2) is 6.94. The molecule has 0 aliphatic rings. The minimum atomic E-state index is -4.52. The maximum absolute atomic E-state index is 12.6. The van der Waals surface area contributed by atoms with Crippen LogP contribution in [0.2, 0.25) is 0 Å². The summed E-state index contributed by atoms with van der Waals surface area (Å²) in [5, 5.41) is 2.61.